The minimum absolute atomic E-state index is 0.184. The predicted molar refractivity (Wildman–Crippen MR) is 121 cm³/mol. The van der Waals surface area contributed by atoms with Crippen molar-refractivity contribution in [1.82, 2.24) is 14.5 Å². The third-order valence-electron chi connectivity index (χ3n) is 6.74. The van der Waals surface area contributed by atoms with Crippen LogP contribution in [0.25, 0.3) is 11.4 Å². The highest BCUT2D eigenvalue weighted by atomic mass is 35.5. The molecule has 3 aromatic rings. The number of aromatic nitrogens is 2. The van der Waals surface area contributed by atoms with Crippen LogP contribution in [-0.4, -0.2) is 46.7 Å². The standard InChI is InChI=1S/C25H26ClN3O2/c1-31-17-20-5-4-15-28(20)23(30)12-13-25(18-8-10-19(26)11-9-18)22-7-3-2-6-21(22)24-27-14-16-29(24)25/h2-3,6-11,14,16,20H,4-5,12-13,15,17H2,1H3. The van der Waals surface area contributed by atoms with Crippen LogP contribution < -0.4 is 0 Å². The Morgan fingerprint density at radius 2 is 2.03 bits per heavy atom. The molecule has 2 aliphatic rings. The van der Waals surface area contributed by atoms with Gasteiger partial charge in [0.2, 0.25) is 5.91 Å². The lowest BCUT2D eigenvalue weighted by Crippen LogP contribution is -2.40. The summed E-state index contributed by atoms with van der Waals surface area (Å²) < 4.78 is 7.58. The quantitative estimate of drug-likeness (QED) is 0.562. The zero-order valence-electron chi connectivity index (χ0n) is 17.6. The summed E-state index contributed by atoms with van der Waals surface area (Å²) in [5.41, 5.74) is 2.93. The van der Waals surface area contributed by atoms with Crippen molar-refractivity contribution in [3.63, 3.8) is 0 Å². The molecule has 2 unspecified atom stereocenters. The van der Waals surface area contributed by atoms with Gasteiger partial charge < -0.3 is 14.2 Å². The lowest BCUT2D eigenvalue weighted by molar-refractivity contribution is -0.133. The summed E-state index contributed by atoms with van der Waals surface area (Å²) in [6, 6.07) is 16.6. The van der Waals surface area contributed by atoms with Crippen molar-refractivity contribution in [3.05, 3.63) is 77.1 Å². The number of imidazole rings is 1. The number of halogens is 1. The van der Waals surface area contributed by atoms with Crippen LogP contribution in [0.1, 0.15) is 36.8 Å². The van der Waals surface area contributed by atoms with E-state index in [1.54, 1.807) is 7.11 Å². The van der Waals surface area contributed by atoms with Crippen molar-refractivity contribution in [3.8, 4) is 11.4 Å². The molecule has 1 amide bonds. The van der Waals surface area contributed by atoms with Crippen LogP contribution in [0.4, 0.5) is 0 Å². The van der Waals surface area contributed by atoms with Gasteiger partial charge in [-0.05, 0) is 42.5 Å². The first kappa shape index (κ1) is 20.3. The fraction of sp³-hybridized carbons (Fsp3) is 0.360. The summed E-state index contributed by atoms with van der Waals surface area (Å²) in [7, 11) is 1.70. The van der Waals surface area contributed by atoms with E-state index in [0.717, 1.165) is 36.3 Å². The van der Waals surface area contributed by atoms with Crippen LogP contribution in [0.2, 0.25) is 5.02 Å². The van der Waals surface area contributed by atoms with E-state index in [1.807, 2.05) is 35.5 Å². The molecule has 1 fully saturated rings. The van der Waals surface area contributed by atoms with Crippen molar-refractivity contribution < 1.29 is 9.53 Å². The SMILES string of the molecule is COCC1CCCN1C(=O)CCC1(c2ccc(Cl)cc2)c2ccccc2-c2nccn21. The molecule has 0 aliphatic carbocycles. The van der Waals surface area contributed by atoms with E-state index < -0.39 is 5.54 Å². The predicted octanol–water partition coefficient (Wildman–Crippen LogP) is 4.73. The number of benzene rings is 2. The van der Waals surface area contributed by atoms with E-state index in [4.69, 9.17) is 16.3 Å². The number of amides is 1. The number of fused-ring (bicyclic) bond motifs is 3. The van der Waals surface area contributed by atoms with Crippen molar-refractivity contribution in [2.75, 3.05) is 20.3 Å². The van der Waals surface area contributed by atoms with Crippen molar-refractivity contribution >= 4 is 17.5 Å². The largest absolute Gasteiger partial charge is 0.383 e. The minimum Gasteiger partial charge on any atom is -0.383 e. The summed E-state index contributed by atoms with van der Waals surface area (Å²) in [6.07, 6.45) is 7.02. The van der Waals surface area contributed by atoms with E-state index in [0.29, 0.717) is 24.5 Å². The molecule has 0 N–H and O–H groups in total. The van der Waals surface area contributed by atoms with Gasteiger partial charge in [0.15, 0.2) is 0 Å². The molecule has 0 radical (unpaired) electrons. The van der Waals surface area contributed by atoms with Gasteiger partial charge in [-0.1, -0.05) is 48.0 Å². The van der Waals surface area contributed by atoms with E-state index >= 15 is 0 Å². The first-order valence-corrected chi connectivity index (χ1v) is 11.2. The van der Waals surface area contributed by atoms with Gasteiger partial charge in [-0.2, -0.15) is 0 Å². The van der Waals surface area contributed by atoms with Crippen LogP contribution in [0, 0.1) is 0 Å². The molecule has 5 nitrogen and oxygen atoms in total. The maximum Gasteiger partial charge on any atom is 0.223 e. The van der Waals surface area contributed by atoms with Crippen LogP contribution in [0.5, 0.6) is 0 Å². The van der Waals surface area contributed by atoms with Crippen LogP contribution >= 0.6 is 11.6 Å². The number of methoxy groups -OCH3 is 1. The zero-order valence-corrected chi connectivity index (χ0v) is 18.4. The third kappa shape index (κ3) is 3.27. The lowest BCUT2D eigenvalue weighted by atomic mass is 9.79. The Labute approximate surface area is 187 Å². The molecular weight excluding hydrogens is 410 g/mol. The lowest BCUT2D eigenvalue weighted by Gasteiger charge is -2.34. The monoisotopic (exact) mass is 435 g/mol. The van der Waals surface area contributed by atoms with E-state index in [-0.39, 0.29) is 11.9 Å². The second-order valence-corrected chi connectivity index (χ2v) is 8.81. The highest BCUT2D eigenvalue weighted by Gasteiger charge is 2.45. The summed E-state index contributed by atoms with van der Waals surface area (Å²) in [5.74, 6) is 1.13. The van der Waals surface area contributed by atoms with Crippen LogP contribution in [0.15, 0.2) is 60.9 Å². The number of likely N-dealkylation sites (tertiary alicyclic amines) is 1. The molecule has 5 rings (SSSR count). The van der Waals surface area contributed by atoms with Gasteiger partial charge in [0.05, 0.1) is 18.2 Å². The van der Waals surface area contributed by atoms with E-state index in [9.17, 15) is 4.79 Å². The third-order valence-corrected chi connectivity index (χ3v) is 7.00. The molecule has 6 heteroatoms. The van der Waals surface area contributed by atoms with Gasteiger partial charge in [0, 0.05) is 43.1 Å². The Balaban J connectivity index is 1.54. The second kappa shape index (κ2) is 8.13. The molecular formula is C25H26ClN3O2. The Hall–Kier alpha value is -2.63. The molecule has 2 aliphatic heterocycles. The first-order valence-electron chi connectivity index (χ1n) is 10.8. The summed E-state index contributed by atoms with van der Waals surface area (Å²) in [6.45, 7) is 1.41. The molecule has 2 aromatic carbocycles. The second-order valence-electron chi connectivity index (χ2n) is 8.37. The van der Waals surface area contributed by atoms with Gasteiger partial charge in [0.1, 0.15) is 5.82 Å². The maximum atomic E-state index is 13.3. The first-order chi connectivity index (χ1) is 15.1. The average Bonchev–Trinajstić information content (AvgIpc) is 3.50. The molecule has 3 heterocycles. The normalized spacial score (nSPS) is 21.9. The van der Waals surface area contributed by atoms with Gasteiger partial charge in [-0.15, -0.1) is 0 Å². The molecule has 0 spiro atoms. The Bertz CT molecular complexity index is 1090. The van der Waals surface area contributed by atoms with Crippen LogP contribution in [-0.2, 0) is 15.1 Å². The van der Waals surface area contributed by atoms with Gasteiger partial charge in [-0.3, -0.25) is 4.79 Å². The Morgan fingerprint density at radius 1 is 1.23 bits per heavy atom. The fourth-order valence-electron chi connectivity index (χ4n) is 5.36. The molecule has 0 saturated carbocycles. The van der Waals surface area contributed by atoms with Gasteiger partial charge in [0.25, 0.3) is 0 Å². The average molecular weight is 436 g/mol. The topological polar surface area (TPSA) is 47.4 Å². The summed E-state index contributed by atoms with van der Waals surface area (Å²) in [5, 5.41) is 0.701. The number of carbonyl (C=O) groups is 1. The van der Waals surface area contributed by atoms with Gasteiger partial charge in [-0.25, -0.2) is 4.98 Å². The summed E-state index contributed by atoms with van der Waals surface area (Å²) in [4.78, 5) is 20.0. The van der Waals surface area contributed by atoms with E-state index in [1.165, 1.54) is 5.56 Å². The highest BCUT2D eigenvalue weighted by molar-refractivity contribution is 6.30. The number of hydrogen-bond acceptors (Lipinski definition) is 3. The van der Waals surface area contributed by atoms with Crippen molar-refractivity contribution in [1.29, 1.82) is 0 Å². The Kier molecular flexibility index (Phi) is 5.32. The van der Waals surface area contributed by atoms with Crippen molar-refractivity contribution in [2.24, 2.45) is 0 Å². The molecule has 1 saturated heterocycles. The van der Waals surface area contributed by atoms with E-state index in [2.05, 4.69) is 39.9 Å². The number of nitrogens with zero attached hydrogens (tertiary/aromatic N) is 3. The number of rotatable bonds is 6. The number of ether oxygens (including phenoxy) is 1. The molecule has 31 heavy (non-hydrogen) atoms. The van der Waals surface area contributed by atoms with Gasteiger partial charge >= 0.3 is 0 Å². The highest BCUT2D eigenvalue weighted by Crippen LogP contribution is 2.49. The molecule has 2 atom stereocenters. The van der Waals surface area contributed by atoms with Crippen LogP contribution in [0.3, 0.4) is 0 Å². The molecule has 160 valence electrons. The fourth-order valence-corrected chi connectivity index (χ4v) is 5.49. The summed E-state index contributed by atoms with van der Waals surface area (Å²) >= 11 is 6.21. The minimum atomic E-state index is -0.487. The maximum absolute atomic E-state index is 13.3. The Morgan fingerprint density at radius 3 is 2.84 bits per heavy atom. The zero-order chi connectivity index (χ0) is 21.4. The number of carbonyl (C=O) groups excluding carboxylic acids is 1. The smallest absolute Gasteiger partial charge is 0.223 e. The molecule has 1 aromatic heterocycles. The van der Waals surface area contributed by atoms with Crippen molar-refractivity contribution in [2.45, 2.75) is 37.3 Å². The number of hydrogen-bond donors (Lipinski definition) is 0. The molecule has 0 bridgehead atoms.